The zero-order chi connectivity index (χ0) is 13.0. The number of nitrogens with two attached hydrogens (primary N) is 1. The van der Waals surface area contributed by atoms with E-state index in [-0.39, 0.29) is 0 Å². The Morgan fingerprint density at radius 3 is 2.53 bits per heavy atom. The molecule has 94 valence electrons. The van der Waals surface area contributed by atoms with Crippen LogP contribution < -0.4 is 5.73 Å². The summed E-state index contributed by atoms with van der Waals surface area (Å²) >= 11 is 0. The summed E-state index contributed by atoms with van der Waals surface area (Å²) in [6, 6.07) is 6.07. The fraction of sp³-hybridized carbons (Fsp3) is 0.500. The largest absolute Gasteiger partial charge is 0.481 e. The monoisotopic (exact) mass is 235 g/mol. The lowest BCUT2D eigenvalue weighted by Crippen LogP contribution is -2.17. The third-order valence-electron chi connectivity index (χ3n) is 3.10. The van der Waals surface area contributed by atoms with E-state index in [1.165, 1.54) is 5.56 Å². The molecule has 0 aliphatic heterocycles. The van der Waals surface area contributed by atoms with Gasteiger partial charge >= 0.3 is 5.97 Å². The molecule has 0 heterocycles. The first-order chi connectivity index (χ1) is 7.97. The predicted octanol–water partition coefficient (Wildman–Crippen LogP) is 2.64. The summed E-state index contributed by atoms with van der Waals surface area (Å²) in [7, 11) is 0. The first-order valence-corrected chi connectivity index (χ1v) is 6.00. The zero-order valence-corrected chi connectivity index (χ0v) is 10.7. The van der Waals surface area contributed by atoms with Crippen LogP contribution >= 0.6 is 0 Å². The van der Waals surface area contributed by atoms with Crippen molar-refractivity contribution in [2.45, 2.75) is 39.0 Å². The topological polar surface area (TPSA) is 63.3 Å². The van der Waals surface area contributed by atoms with Crippen molar-refractivity contribution in [1.29, 1.82) is 0 Å². The van der Waals surface area contributed by atoms with Gasteiger partial charge in [-0.1, -0.05) is 32.0 Å². The molecule has 0 aromatic heterocycles. The van der Waals surface area contributed by atoms with Crippen LogP contribution in [0, 0.1) is 6.92 Å². The molecule has 0 fully saturated rings. The first-order valence-electron chi connectivity index (χ1n) is 6.00. The normalized spacial score (nSPS) is 12.8. The van der Waals surface area contributed by atoms with Crippen LogP contribution in [0.15, 0.2) is 18.2 Å². The minimum absolute atomic E-state index is 0.391. The van der Waals surface area contributed by atoms with Gasteiger partial charge in [0.25, 0.3) is 0 Å². The fourth-order valence-corrected chi connectivity index (χ4v) is 1.97. The minimum atomic E-state index is -0.792. The molecule has 0 aliphatic carbocycles. The average molecular weight is 235 g/mol. The third kappa shape index (κ3) is 3.30. The van der Waals surface area contributed by atoms with Crippen molar-refractivity contribution in [1.82, 2.24) is 0 Å². The van der Waals surface area contributed by atoms with Gasteiger partial charge in [0.2, 0.25) is 0 Å². The molecule has 0 aliphatic rings. The van der Waals surface area contributed by atoms with Gasteiger partial charge in [-0.2, -0.15) is 0 Å². The molecule has 1 unspecified atom stereocenters. The van der Waals surface area contributed by atoms with Gasteiger partial charge in [0, 0.05) is 0 Å². The Bertz CT molecular complexity index is 399. The van der Waals surface area contributed by atoms with E-state index in [9.17, 15) is 9.90 Å². The van der Waals surface area contributed by atoms with Crippen molar-refractivity contribution in [3.8, 4) is 0 Å². The van der Waals surface area contributed by atoms with Crippen LogP contribution in [-0.2, 0) is 4.79 Å². The average Bonchev–Trinajstić information content (AvgIpc) is 2.26. The van der Waals surface area contributed by atoms with Gasteiger partial charge < -0.3 is 10.8 Å². The second kappa shape index (κ2) is 5.82. The summed E-state index contributed by atoms with van der Waals surface area (Å²) in [6.07, 6.45) is 0.484. The van der Waals surface area contributed by atoms with Crippen molar-refractivity contribution < 1.29 is 9.90 Å². The second-order valence-corrected chi connectivity index (χ2v) is 4.74. The summed E-state index contributed by atoms with van der Waals surface area (Å²) in [4.78, 5) is 11.3. The molecule has 3 nitrogen and oxygen atoms in total. The predicted molar refractivity (Wildman–Crippen MR) is 69.3 cm³/mol. The van der Waals surface area contributed by atoms with Crippen LogP contribution in [0.3, 0.4) is 0 Å². The van der Waals surface area contributed by atoms with Gasteiger partial charge in [-0.25, -0.2) is 0 Å². The van der Waals surface area contributed by atoms with Gasteiger partial charge in [0.1, 0.15) is 0 Å². The number of hydrogen-bond acceptors (Lipinski definition) is 2. The van der Waals surface area contributed by atoms with E-state index in [2.05, 4.69) is 19.9 Å². The summed E-state index contributed by atoms with van der Waals surface area (Å²) in [5.74, 6) is -0.875. The number of rotatable bonds is 5. The lowest BCUT2D eigenvalue weighted by atomic mass is 9.88. The number of benzene rings is 1. The van der Waals surface area contributed by atoms with E-state index in [0.717, 1.165) is 11.1 Å². The second-order valence-electron chi connectivity index (χ2n) is 4.74. The molecule has 0 saturated heterocycles. The lowest BCUT2D eigenvalue weighted by molar-refractivity contribution is -0.138. The highest BCUT2D eigenvalue weighted by molar-refractivity contribution is 5.76. The quantitative estimate of drug-likeness (QED) is 0.824. The van der Waals surface area contributed by atoms with Crippen LogP contribution in [0.1, 0.15) is 48.8 Å². The number of aryl methyl sites for hydroxylation is 1. The van der Waals surface area contributed by atoms with E-state index in [1.54, 1.807) is 0 Å². The van der Waals surface area contributed by atoms with Crippen molar-refractivity contribution in [2.24, 2.45) is 5.73 Å². The molecule has 17 heavy (non-hydrogen) atoms. The zero-order valence-electron chi connectivity index (χ0n) is 10.7. The van der Waals surface area contributed by atoms with E-state index >= 15 is 0 Å². The Morgan fingerprint density at radius 2 is 2.06 bits per heavy atom. The van der Waals surface area contributed by atoms with E-state index in [0.29, 0.717) is 18.9 Å². The number of carboxylic acid groups (broad SMARTS) is 1. The molecule has 1 aromatic carbocycles. The fourth-order valence-electron chi connectivity index (χ4n) is 1.97. The van der Waals surface area contributed by atoms with Crippen molar-refractivity contribution in [2.75, 3.05) is 6.54 Å². The maximum Gasteiger partial charge on any atom is 0.311 e. The Kier molecular flexibility index (Phi) is 4.70. The van der Waals surface area contributed by atoms with E-state index in [4.69, 9.17) is 5.73 Å². The first kappa shape index (κ1) is 13.7. The van der Waals surface area contributed by atoms with Crippen molar-refractivity contribution in [3.05, 3.63) is 34.9 Å². The van der Waals surface area contributed by atoms with Crippen LogP contribution in [0.2, 0.25) is 0 Å². The minimum Gasteiger partial charge on any atom is -0.481 e. The van der Waals surface area contributed by atoms with Crippen molar-refractivity contribution >= 4 is 5.97 Å². The highest BCUT2D eigenvalue weighted by Gasteiger charge is 2.21. The summed E-state index contributed by atoms with van der Waals surface area (Å²) in [5.41, 5.74) is 8.58. The van der Waals surface area contributed by atoms with Crippen LogP contribution in [0.4, 0.5) is 0 Å². The molecule has 0 spiro atoms. The molecular weight excluding hydrogens is 214 g/mol. The number of carbonyl (C=O) groups is 1. The third-order valence-corrected chi connectivity index (χ3v) is 3.10. The Balaban J connectivity index is 3.16. The Labute approximate surface area is 103 Å². The van der Waals surface area contributed by atoms with Crippen molar-refractivity contribution in [3.63, 3.8) is 0 Å². The standard InChI is InChI=1S/C14H21NO2/c1-9(2)11-5-4-10(3)13(8-11)12(6-7-15)14(16)17/h4-5,8-9,12H,6-7,15H2,1-3H3,(H,16,17). The van der Waals surface area contributed by atoms with E-state index < -0.39 is 11.9 Å². The van der Waals surface area contributed by atoms with E-state index in [1.807, 2.05) is 19.1 Å². The maximum absolute atomic E-state index is 11.3. The van der Waals surface area contributed by atoms with Gasteiger partial charge in [-0.3, -0.25) is 4.79 Å². The summed E-state index contributed by atoms with van der Waals surface area (Å²) < 4.78 is 0. The number of hydrogen-bond donors (Lipinski definition) is 2. The lowest BCUT2D eigenvalue weighted by Gasteiger charge is -2.17. The van der Waals surface area contributed by atoms with Crippen LogP contribution in [0.5, 0.6) is 0 Å². The molecule has 0 amide bonds. The van der Waals surface area contributed by atoms with Gasteiger partial charge in [-0.15, -0.1) is 0 Å². The molecule has 0 radical (unpaired) electrons. The molecule has 3 heteroatoms. The molecule has 3 N–H and O–H groups in total. The summed E-state index contributed by atoms with van der Waals surface area (Å²) in [5, 5.41) is 9.26. The molecule has 1 aromatic rings. The molecule has 1 rings (SSSR count). The molecule has 0 saturated carbocycles. The summed E-state index contributed by atoms with van der Waals surface area (Å²) in [6.45, 7) is 6.55. The highest BCUT2D eigenvalue weighted by Crippen LogP contribution is 2.27. The number of carboxylic acids is 1. The molecule has 1 atom stereocenters. The molecule has 0 bridgehead atoms. The SMILES string of the molecule is Cc1ccc(C(C)C)cc1C(CCN)C(=O)O. The number of aliphatic carboxylic acids is 1. The smallest absolute Gasteiger partial charge is 0.311 e. The van der Waals surface area contributed by atoms with Gasteiger partial charge in [0.05, 0.1) is 5.92 Å². The van der Waals surface area contributed by atoms with Gasteiger partial charge in [0.15, 0.2) is 0 Å². The highest BCUT2D eigenvalue weighted by atomic mass is 16.4. The maximum atomic E-state index is 11.3. The van der Waals surface area contributed by atoms with Crippen LogP contribution in [0.25, 0.3) is 0 Å². The van der Waals surface area contributed by atoms with Crippen LogP contribution in [-0.4, -0.2) is 17.6 Å². The molecular formula is C14H21NO2. The Morgan fingerprint density at radius 1 is 1.41 bits per heavy atom. The Hall–Kier alpha value is -1.35. The van der Waals surface area contributed by atoms with Gasteiger partial charge in [-0.05, 0) is 42.5 Å².